The standard InChI is InChI=1S/C20H18Cl2N4O2/c21-13-7-12(18(27)16(22)8-13)9-26-6-5-15-17(10-26)24-19(25-20(15)28)11-1-3-14(23)4-2-11/h1-4,7-8,27H,5-6,9-10,23H2,(H,24,25,28). The molecule has 8 heteroatoms. The molecule has 2 heterocycles. The SMILES string of the molecule is Nc1ccc(-c2nc3c(c(=O)[nH]2)CCN(Cc2cc(Cl)cc(Cl)c2O)C3)cc1. The van der Waals surface area contributed by atoms with Crippen molar-refractivity contribution >= 4 is 28.9 Å². The highest BCUT2D eigenvalue weighted by atomic mass is 35.5. The summed E-state index contributed by atoms with van der Waals surface area (Å²) >= 11 is 12.1. The number of nitrogens with zero attached hydrogens (tertiary/aromatic N) is 2. The van der Waals surface area contributed by atoms with Gasteiger partial charge in [0.15, 0.2) is 0 Å². The minimum absolute atomic E-state index is 0.0262. The lowest BCUT2D eigenvalue weighted by atomic mass is 10.0. The quantitative estimate of drug-likeness (QED) is 0.567. The number of nitrogens with one attached hydrogen (secondary N) is 1. The number of aromatic amines is 1. The second kappa shape index (κ2) is 7.47. The highest BCUT2D eigenvalue weighted by molar-refractivity contribution is 6.35. The van der Waals surface area contributed by atoms with Gasteiger partial charge in [-0.25, -0.2) is 4.98 Å². The van der Waals surface area contributed by atoms with E-state index in [1.165, 1.54) is 6.07 Å². The molecule has 0 atom stereocenters. The molecular weight excluding hydrogens is 399 g/mol. The number of benzene rings is 2. The molecule has 28 heavy (non-hydrogen) atoms. The first-order valence-corrected chi connectivity index (χ1v) is 9.53. The van der Waals surface area contributed by atoms with Gasteiger partial charge in [0, 0.05) is 47.0 Å². The second-order valence-electron chi connectivity index (χ2n) is 6.82. The number of halogens is 2. The fraction of sp³-hybridized carbons (Fsp3) is 0.200. The van der Waals surface area contributed by atoms with Gasteiger partial charge in [0.05, 0.1) is 10.7 Å². The Labute approximate surface area is 171 Å². The molecule has 3 aromatic rings. The van der Waals surface area contributed by atoms with Gasteiger partial charge in [-0.3, -0.25) is 9.69 Å². The number of nitrogens with two attached hydrogens (primary N) is 1. The Morgan fingerprint density at radius 2 is 1.96 bits per heavy atom. The zero-order valence-electron chi connectivity index (χ0n) is 14.9. The number of phenolic OH excluding ortho intramolecular Hbond substituents is 1. The third kappa shape index (κ3) is 3.71. The molecule has 1 aliphatic rings. The highest BCUT2D eigenvalue weighted by Crippen LogP contribution is 2.32. The molecule has 0 aliphatic carbocycles. The molecule has 144 valence electrons. The van der Waals surface area contributed by atoms with Crippen molar-refractivity contribution < 1.29 is 5.11 Å². The summed E-state index contributed by atoms with van der Waals surface area (Å²) in [5, 5.41) is 10.9. The number of fused-ring (bicyclic) bond motifs is 1. The van der Waals surface area contributed by atoms with Crippen molar-refractivity contribution in [1.29, 1.82) is 0 Å². The number of hydrogen-bond donors (Lipinski definition) is 3. The van der Waals surface area contributed by atoms with E-state index in [0.29, 0.717) is 53.7 Å². The van der Waals surface area contributed by atoms with Gasteiger partial charge in [0.25, 0.3) is 5.56 Å². The molecule has 0 saturated heterocycles. The van der Waals surface area contributed by atoms with Gasteiger partial charge in [-0.2, -0.15) is 0 Å². The van der Waals surface area contributed by atoms with Crippen LogP contribution in [0.5, 0.6) is 5.75 Å². The fourth-order valence-electron chi connectivity index (χ4n) is 3.39. The molecule has 4 rings (SSSR count). The van der Waals surface area contributed by atoms with Crippen molar-refractivity contribution in [2.45, 2.75) is 19.5 Å². The smallest absolute Gasteiger partial charge is 0.254 e. The summed E-state index contributed by atoms with van der Waals surface area (Å²) in [5.74, 6) is 0.539. The predicted octanol–water partition coefficient (Wildman–Crippen LogP) is 3.59. The first-order valence-electron chi connectivity index (χ1n) is 8.78. The summed E-state index contributed by atoms with van der Waals surface area (Å²) < 4.78 is 0. The van der Waals surface area contributed by atoms with Crippen LogP contribution in [0.25, 0.3) is 11.4 Å². The van der Waals surface area contributed by atoms with Gasteiger partial charge in [-0.15, -0.1) is 0 Å². The normalized spacial score (nSPS) is 14.1. The Hall–Kier alpha value is -2.54. The van der Waals surface area contributed by atoms with E-state index in [0.717, 1.165) is 11.3 Å². The molecule has 0 spiro atoms. The Morgan fingerprint density at radius 3 is 2.71 bits per heavy atom. The number of phenols is 1. The molecule has 1 aromatic heterocycles. The zero-order chi connectivity index (χ0) is 19.8. The molecule has 4 N–H and O–H groups in total. The van der Waals surface area contributed by atoms with Crippen LogP contribution in [-0.2, 0) is 19.5 Å². The van der Waals surface area contributed by atoms with Crippen LogP contribution in [0, 0.1) is 0 Å². The van der Waals surface area contributed by atoms with Gasteiger partial charge >= 0.3 is 0 Å². The van der Waals surface area contributed by atoms with E-state index in [1.54, 1.807) is 18.2 Å². The lowest BCUT2D eigenvalue weighted by molar-refractivity contribution is 0.237. The number of aromatic hydroxyl groups is 1. The first kappa shape index (κ1) is 18.8. The maximum absolute atomic E-state index is 12.5. The van der Waals surface area contributed by atoms with Crippen LogP contribution in [0.1, 0.15) is 16.8 Å². The minimum atomic E-state index is -0.120. The van der Waals surface area contributed by atoms with E-state index in [2.05, 4.69) is 14.9 Å². The lowest BCUT2D eigenvalue weighted by Gasteiger charge is -2.28. The van der Waals surface area contributed by atoms with Gasteiger partial charge in [-0.05, 0) is 42.8 Å². The van der Waals surface area contributed by atoms with Gasteiger partial charge in [0.2, 0.25) is 0 Å². The molecule has 6 nitrogen and oxygen atoms in total. The fourth-order valence-corrected chi connectivity index (χ4v) is 3.92. The Bertz CT molecular complexity index is 1100. The van der Waals surface area contributed by atoms with E-state index in [-0.39, 0.29) is 16.3 Å². The molecule has 0 unspecified atom stereocenters. The number of aromatic nitrogens is 2. The summed E-state index contributed by atoms with van der Waals surface area (Å²) in [5.41, 5.74) is 9.13. The monoisotopic (exact) mass is 416 g/mol. The third-order valence-electron chi connectivity index (χ3n) is 4.84. The van der Waals surface area contributed by atoms with Gasteiger partial charge in [-0.1, -0.05) is 23.2 Å². The highest BCUT2D eigenvalue weighted by Gasteiger charge is 2.22. The summed E-state index contributed by atoms with van der Waals surface area (Å²) in [6, 6.07) is 10.4. The van der Waals surface area contributed by atoms with Crippen molar-refractivity contribution in [3.8, 4) is 17.1 Å². The number of hydrogen-bond acceptors (Lipinski definition) is 5. The summed E-state index contributed by atoms with van der Waals surface area (Å²) in [6.07, 6.45) is 0.578. The Balaban J connectivity index is 1.63. The van der Waals surface area contributed by atoms with Gasteiger partial charge < -0.3 is 15.8 Å². The predicted molar refractivity (Wildman–Crippen MR) is 111 cm³/mol. The van der Waals surface area contributed by atoms with E-state index >= 15 is 0 Å². The van der Waals surface area contributed by atoms with Crippen molar-refractivity contribution in [2.75, 3.05) is 12.3 Å². The maximum atomic E-state index is 12.5. The van der Waals surface area contributed by atoms with E-state index < -0.39 is 0 Å². The van der Waals surface area contributed by atoms with Crippen LogP contribution >= 0.6 is 23.2 Å². The van der Waals surface area contributed by atoms with Crippen LogP contribution in [0.15, 0.2) is 41.2 Å². The lowest BCUT2D eigenvalue weighted by Crippen LogP contribution is -2.35. The number of nitrogen functional groups attached to an aromatic ring is 1. The van der Waals surface area contributed by atoms with Gasteiger partial charge in [0.1, 0.15) is 11.6 Å². The molecular formula is C20H18Cl2N4O2. The van der Waals surface area contributed by atoms with Crippen molar-refractivity contribution in [1.82, 2.24) is 14.9 Å². The molecule has 1 aliphatic heterocycles. The third-order valence-corrected chi connectivity index (χ3v) is 5.34. The minimum Gasteiger partial charge on any atom is -0.506 e. The summed E-state index contributed by atoms with van der Waals surface area (Å²) in [7, 11) is 0. The van der Waals surface area contributed by atoms with Crippen LogP contribution in [0.4, 0.5) is 5.69 Å². The zero-order valence-corrected chi connectivity index (χ0v) is 16.4. The average molecular weight is 417 g/mol. The average Bonchev–Trinajstić information content (AvgIpc) is 2.66. The van der Waals surface area contributed by atoms with Crippen LogP contribution in [0.3, 0.4) is 0 Å². The Kier molecular flexibility index (Phi) is 5.02. The molecule has 0 fully saturated rings. The topological polar surface area (TPSA) is 95.2 Å². The molecule has 0 saturated carbocycles. The number of H-pyrrole nitrogens is 1. The van der Waals surface area contributed by atoms with E-state index in [4.69, 9.17) is 28.9 Å². The molecule has 0 radical (unpaired) electrons. The van der Waals surface area contributed by atoms with Crippen LogP contribution < -0.4 is 11.3 Å². The largest absolute Gasteiger partial charge is 0.506 e. The Morgan fingerprint density at radius 1 is 1.21 bits per heavy atom. The summed E-state index contributed by atoms with van der Waals surface area (Å²) in [6.45, 7) is 1.62. The van der Waals surface area contributed by atoms with Crippen molar-refractivity contribution in [3.05, 3.63) is 73.6 Å². The second-order valence-corrected chi connectivity index (χ2v) is 7.66. The number of anilines is 1. The van der Waals surface area contributed by atoms with Crippen LogP contribution in [0.2, 0.25) is 10.0 Å². The van der Waals surface area contributed by atoms with E-state index in [9.17, 15) is 9.90 Å². The molecule has 0 bridgehead atoms. The van der Waals surface area contributed by atoms with E-state index in [1.807, 2.05) is 12.1 Å². The molecule has 0 amide bonds. The van der Waals surface area contributed by atoms with Crippen LogP contribution in [-0.4, -0.2) is 26.5 Å². The summed E-state index contributed by atoms with van der Waals surface area (Å²) in [4.78, 5) is 22.1. The van der Waals surface area contributed by atoms with Crippen molar-refractivity contribution in [3.63, 3.8) is 0 Å². The first-order chi connectivity index (χ1) is 13.4. The maximum Gasteiger partial charge on any atom is 0.254 e. The molecule has 2 aromatic carbocycles. The van der Waals surface area contributed by atoms with Crippen molar-refractivity contribution in [2.24, 2.45) is 0 Å². The number of rotatable bonds is 3.